The van der Waals surface area contributed by atoms with E-state index in [0.717, 1.165) is 4.88 Å². The number of hydrogen-bond donors (Lipinski definition) is 1. The molecule has 0 amide bonds. The predicted octanol–water partition coefficient (Wildman–Crippen LogP) is 1.43. The van der Waals surface area contributed by atoms with Crippen LogP contribution in [0.2, 0.25) is 0 Å². The van der Waals surface area contributed by atoms with Crippen molar-refractivity contribution < 1.29 is 9.84 Å². The lowest BCUT2D eigenvalue weighted by Gasteiger charge is -2.13. The van der Waals surface area contributed by atoms with Gasteiger partial charge in [-0.05, 0) is 17.5 Å². The normalized spacial score (nSPS) is 12.6. The molecule has 0 unspecified atom stereocenters. The van der Waals surface area contributed by atoms with Crippen molar-refractivity contribution >= 4 is 22.2 Å². The van der Waals surface area contributed by atoms with E-state index in [9.17, 15) is 9.90 Å². The molecule has 3 rings (SSSR count). The predicted molar refractivity (Wildman–Crippen MR) is 83.8 cm³/mol. The second-order valence-corrected chi connectivity index (χ2v) is 5.88. The second kappa shape index (κ2) is 6.78. The largest absolute Gasteiger partial charge is 0.389 e. The Hall–Kier alpha value is -2.09. The van der Waals surface area contributed by atoms with Crippen molar-refractivity contribution in [2.75, 3.05) is 6.61 Å². The highest BCUT2D eigenvalue weighted by Gasteiger charge is 2.09. The van der Waals surface area contributed by atoms with Crippen LogP contribution < -0.4 is 5.56 Å². The summed E-state index contributed by atoms with van der Waals surface area (Å²) in [5.41, 5.74) is 0.358. The molecule has 0 aliphatic rings. The van der Waals surface area contributed by atoms with Crippen LogP contribution in [-0.4, -0.2) is 32.4 Å². The number of ether oxygens (including phenoxy) is 1. The average molecular weight is 317 g/mol. The third-order valence-electron chi connectivity index (χ3n) is 3.17. The Morgan fingerprint density at radius 2 is 2.32 bits per heavy atom. The molecule has 0 saturated heterocycles. The Balaban J connectivity index is 1.62. The lowest BCUT2D eigenvalue weighted by atomic mass is 10.3. The Bertz CT molecular complexity index is 801. The third-order valence-corrected chi connectivity index (χ3v) is 4.02. The summed E-state index contributed by atoms with van der Waals surface area (Å²) in [6.07, 6.45) is 3.76. The van der Waals surface area contributed by atoms with Crippen molar-refractivity contribution in [3.05, 3.63) is 57.5 Å². The number of thiophene rings is 1. The molecule has 0 fully saturated rings. The van der Waals surface area contributed by atoms with Gasteiger partial charge in [0.05, 0.1) is 49.3 Å². The highest BCUT2D eigenvalue weighted by atomic mass is 32.1. The molecule has 0 aliphatic carbocycles. The van der Waals surface area contributed by atoms with Gasteiger partial charge < -0.3 is 9.84 Å². The molecule has 0 spiro atoms. The number of rotatable bonds is 6. The van der Waals surface area contributed by atoms with Crippen LogP contribution in [0.15, 0.2) is 47.1 Å². The first kappa shape index (κ1) is 14.8. The fourth-order valence-electron chi connectivity index (χ4n) is 2.11. The monoisotopic (exact) mass is 317 g/mol. The van der Waals surface area contributed by atoms with E-state index in [1.54, 1.807) is 29.8 Å². The molecule has 0 bridgehead atoms. The first-order valence-electron chi connectivity index (χ1n) is 6.81. The summed E-state index contributed by atoms with van der Waals surface area (Å²) in [5, 5.41) is 12.5. The minimum atomic E-state index is -0.765. The van der Waals surface area contributed by atoms with Crippen molar-refractivity contribution in [1.82, 2.24) is 14.5 Å². The lowest BCUT2D eigenvalue weighted by Crippen LogP contribution is -2.29. The van der Waals surface area contributed by atoms with Crippen LogP contribution in [0.25, 0.3) is 10.9 Å². The molecule has 1 atom stereocenters. The van der Waals surface area contributed by atoms with Crippen LogP contribution >= 0.6 is 11.3 Å². The minimum absolute atomic E-state index is 0.147. The summed E-state index contributed by atoms with van der Waals surface area (Å²) >= 11 is 1.60. The molecule has 3 heterocycles. The number of aliphatic hydroxyl groups is 1. The van der Waals surface area contributed by atoms with Gasteiger partial charge in [-0.2, -0.15) is 0 Å². The van der Waals surface area contributed by atoms with Crippen LogP contribution in [0, 0.1) is 0 Å². The maximum Gasteiger partial charge on any atom is 0.261 e. The molecule has 7 heteroatoms. The first-order valence-corrected chi connectivity index (χ1v) is 7.69. The number of hydrogen-bond acceptors (Lipinski definition) is 6. The van der Waals surface area contributed by atoms with Crippen molar-refractivity contribution in [2.45, 2.75) is 19.3 Å². The summed E-state index contributed by atoms with van der Waals surface area (Å²) < 4.78 is 6.84. The molecule has 0 aromatic carbocycles. The Morgan fingerprint density at radius 1 is 1.41 bits per heavy atom. The molecule has 22 heavy (non-hydrogen) atoms. The molecule has 0 radical (unpaired) electrons. The zero-order chi connectivity index (χ0) is 15.4. The molecule has 6 nitrogen and oxygen atoms in total. The van der Waals surface area contributed by atoms with E-state index in [4.69, 9.17) is 4.74 Å². The van der Waals surface area contributed by atoms with E-state index in [0.29, 0.717) is 17.5 Å². The molecular formula is C15H15N3O3S. The molecule has 114 valence electrons. The number of fused-ring (bicyclic) bond motifs is 1. The Labute approximate surface area is 130 Å². The summed E-state index contributed by atoms with van der Waals surface area (Å²) in [6, 6.07) is 5.55. The minimum Gasteiger partial charge on any atom is -0.389 e. The maximum absolute atomic E-state index is 12.3. The highest BCUT2D eigenvalue weighted by molar-refractivity contribution is 7.09. The van der Waals surface area contributed by atoms with Crippen molar-refractivity contribution in [3.8, 4) is 0 Å². The van der Waals surface area contributed by atoms with Crippen LogP contribution in [-0.2, 0) is 17.9 Å². The molecular weight excluding hydrogens is 302 g/mol. The molecule has 3 aromatic heterocycles. The topological polar surface area (TPSA) is 77.2 Å². The zero-order valence-corrected chi connectivity index (χ0v) is 12.6. The van der Waals surface area contributed by atoms with E-state index in [1.165, 1.54) is 10.9 Å². The second-order valence-electron chi connectivity index (χ2n) is 4.84. The van der Waals surface area contributed by atoms with Gasteiger partial charge in [-0.3, -0.25) is 14.3 Å². The average Bonchev–Trinajstić information content (AvgIpc) is 3.04. The molecule has 3 aromatic rings. The van der Waals surface area contributed by atoms with Gasteiger partial charge >= 0.3 is 0 Å². The van der Waals surface area contributed by atoms with Gasteiger partial charge in [0.1, 0.15) is 0 Å². The summed E-state index contributed by atoms with van der Waals surface area (Å²) in [6.45, 7) is 0.776. The van der Waals surface area contributed by atoms with Gasteiger partial charge in [0.25, 0.3) is 5.56 Å². The first-order chi connectivity index (χ1) is 10.7. The maximum atomic E-state index is 12.3. The van der Waals surface area contributed by atoms with E-state index < -0.39 is 6.10 Å². The van der Waals surface area contributed by atoms with Gasteiger partial charge in [-0.1, -0.05) is 6.07 Å². The smallest absolute Gasteiger partial charge is 0.261 e. The van der Waals surface area contributed by atoms with Crippen LogP contribution in [0.5, 0.6) is 0 Å². The van der Waals surface area contributed by atoms with Gasteiger partial charge in [0, 0.05) is 11.1 Å². The van der Waals surface area contributed by atoms with Crippen LogP contribution in [0.3, 0.4) is 0 Å². The number of aliphatic hydroxyl groups excluding tert-OH is 1. The number of nitrogens with zero attached hydrogens (tertiary/aromatic N) is 3. The number of aromatic nitrogens is 3. The van der Waals surface area contributed by atoms with E-state index >= 15 is 0 Å². The summed E-state index contributed by atoms with van der Waals surface area (Å²) in [5.74, 6) is 0. The standard InChI is InChI=1S/C15H15N3O3S/c19-11(8-21-9-12-2-1-5-22-12)7-18-10-17-14-6-16-4-3-13(14)15(18)20/h1-6,10-11,19H,7-9H2/t11-/m1/s1. The lowest BCUT2D eigenvalue weighted by molar-refractivity contribution is 0.0207. The number of pyridine rings is 1. The van der Waals surface area contributed by atoms with Crippen molar-refractivity contribution in [2.24, 2.45) is 0 Å². The quantitative estimate of drug-likeness (QED) is 0.744. The Kier molecular flexibility index (Phi) is 4.57. The fourth-order valence-corrected chi connectivity index (χ4v) is 2.75. The molecule has 0 aliphatic heterocycles. The van der Waals surface area contributed by atoms with Crippen molar-refractivity contribution in [3.63, 3.8) is 0 Å². The van der Waals surface area contributed by atoms with Crippen LogP contribution in [0.4, 0.5) is 0 Å². The third kappa shape index (κ3) is 3.38. The van der Waals surface area contributed by atoms with E-state index in [2.05, 4.69) is 9.97 Å². The van der Waals surface area contributed by atoms with Crippen LogP contribution in [0.1, 0.15) is 4.88 Å². The van der Waals surface area contributed by atoms with Crippen molar-refractivity contribution in [1.29, 1.82) is 0 Å². The van der Waals surface area contributed by atoms with Gasteiger partial charge in [0.15, 0.2) is 0 Å². The zero-order valence-electron chi connectivity index (χ0n) is 11.8. The van der Waals surface area contributed by atoms with Gasteiger partial charge in [-0.25, -0.2) is 4.98 Å². The highest BCUT2D eigenvalue weighted by Crippen LogP contribution is 2.10. The SMILES string of the molecule is O=c1c2ccncc2ncn1C[C@@H](O)COCc1cccs1. The summed E-state index contributed by atoms with van der Waals surface area (Å²) in [7, 11) is 0. The molecule has 1 N–H and O–H groups in total. The summed E-state index contributed by atoms with van der Waals surface area (Å²) in [4.78, 5) is 21.5. The molecule has 0 saturated carbocycles. The van der Waals surface area contributed by atoms with E-state index in [1.807, 2.05) is 17.5 Å². The Morgan fingerprint density at radius 3 is 3.14 bits per heavy atom. The fraction of sp³-hybridized carbons (Fsp3) is 0.267. The van der Waals surface area contributed by atoms with Gasteiger partial charge in [0.2, 0.25) is 0 Å². The van der Waals surface area contributed by atoms with Gasteiger partial charge in [-0.15, -0.1) is 11.3 Å². The van der Waals surface area contributed by atoms with E-state index in [-0.39, 0.29) is 18.7 Å².